The zero-order valence-corrected chi connectivity index (χ0v) is 20.3. The standard InChI is InChI=1S/C23H32Cl2N4O2/c1-6-7-12-23(5,26)21-29-28-20(31-21)18(14-22(2,3)4)27-19(30)11-9-15-8-10-16(24)13-17(15)25/h6-8,10,13,18H,9,11-12,14,26H2,1-5H3,(H,27,30)/b7-6+/t18?,23-/m1/s1. The predicted molar refractivity (Wildman–Crippen MR) is 125 cm³/mol. The molecule has 170 valence electrons. The Hall–Kier alpha value is -1.89. The number of allylic oxidation sites excluding steroid dienone is 1. The summed E-state index contributed by atoms with van der Waals surface area (Å²) in [5, 5.41) is 12.5. The van der Waals surface area contributed by atoms with Crippen molar-refractivity contribution in [1.82, 2.24) is 15.5 Å². The predicted octanol–water partition coefficient (Wildman–Crippen LogP) is 5.74. The average Bonchev–Trinajstić information content (AvgIpc) is 3.15. The minimum Gasteiger partial charge on any atom is -0.421 e. The van der Waals surface area contributed by atoms with E-state index in [0.29, 0.717) is 41.1 Å². The van der Waals surface area contributed by atoms with Gasteiger partial charge in [0.05, 0.1) is 5.54 Å². The second-order valence-electron chi connectivity index (χ2n) is 9.26. The number of hydrogen-bond donors (Lipinski definition) is 2. The van der Waals surface area contributed by atoms with Gasteiger partial charge in [-0.1, -0.05) is 62.2 Å². The van der Waals surface area contributed by atoms with Crippen LogP contribution in [0.5, 0.6) is 0 Å². The Morgan fingerprint density at radius 2 is 1.97 bits per heavy atom. The molecule has 0 saturated carbocycles. The number of amides is 1. The molecule has 0 bridgehead atoms. The molecule has 2 atom stereocenters. The Kier molecular flexibility index (Phi) is 8.69. The third-order valence-electron chi connectivity index (χ3n) is 4.79. The smallest absolute Gasteiger partial charge is 0.238 e. The highest BCUT2D eigenvalue weighted by Crippen LogP contribution is 2.31. The van der Waals surface area contributed by atoms with Crippen molar-refractivity contribution < 1.29 is 9.21 Å². The van der Waals surface area contributed by atoms with Gasteiger partial charge in [-0.2, -0.15) is 0 Å². The number of rotatable bonds is 9. The summed E-state index contributed by atoms with van der Waals surface area (Å²) in [6.45, 7) is 10.1. The van der Waals surface area contributed by atoms with Crippen molar-refractivity contribution in [1.29, 1.82) is 0 Å². The Bertz CT molecular complexity index is 917. The minimum absolute atomic E-state index is 0.0664. The molecule has 1 aromatic heterocycles. The van der Waals surface area contributed by atoms with Crippen LogP contribution in [0.15, 0.2) is 34.8 Å². The van der Waals surface area contributed by atoms with E-state index in [0.717, 1.165) is 5.56 Å². The first-order chi connectivity index (χ1) is 14.4. The number of nitrogens with two attached hydrogens (primary N) is 1. The van der Waals surface area contributed by atoms with E-state index >= 15 is 0 Å². The maximum Gasteiger partial charge on any atom is 0.238 e. The molecule has 6 nitrogen and oxygen atoms in total. The van der Waals surface area contributed by atoms with Crippen molar-refractivity contribution in [2.75, 3.05) is 0 Å². The molecule has 0 saturated heterocycles. The van der Waals surface area contributed by atoms with Crippen LogP contribution in [0, 0.1) is 5.41 Å². The van der Waals surface area contributed by atoms with Gasteiger partial charge in [-0.15, -0.1) is 10.2 Å². The molecule has 2 aromatic rings. The van der Waals surface area contributed by atoms with E-state index in [1.807, 2.05) is 32.1 Å². The second-order valence-corrected chi connectivity index (χ2v) is 10.1. The van der Waals surface area contributed by atoms with Gasteiger partial charge in [-0.05, 0) is 56.2 Å². The zero-order chi connectivity index (χ0) is 23.2. The number of aromatic nitrogens is 2. The second kappa shape index (κ2) is 10.6. The van der Waals surface area contributed by atoms with Crippen molar-refractivity contribution in [3.05, 3.63) is 57.7 Å². The molecule has 8 heteroatoms. The molecule has 31 heavy (non-hydrogen) atoms. The monoisotopic (exact) mass is 466 g/mol. The summed E-state index contributed by atoms with van der Waals surface area (Å²) in [4.78, 5) is 12.7. The van der Waals surface area contributed by atoms with Gasteiger partial charge in [0.1, 0.15) is 6.04 Å². The van der Waals surface area contributed by atoms with E-state index < -0.39 is 11.6 Å². The van der Waals surface area contributed by atoms with E-state index in [-0.39, 0.29) is 17.7 Å². The first kappa shape index (κ1) is 25.4. The summed E-state index contributed by atoms with van der Waals surface area (Å²) >= 11 is 12.2. The molecule has 1 unspecified atom stereocenters. The highest BCUT2D eigenvalue weighted by molar-refractivity contribution is 6.35. The van der Waals surface area contributed by atoms with E-state index in [1.54, 1.807) is 12.1 Å². The van der Waals surface area contributed by atoms with E-state index in [1.165, 1.54) is 0 Å². The van der Waals surface area contributed by atoms with Gasteiger partial charge in [0.25, 0.3) is 0 Å². The molecule has 0 aliphatic heterocycles. The fraction of sp³-hybridized carbons (Fsp3) is 0.522. The molecular formula is C23H32Cl2N4O2. The highest BCUT2D eigenvalue weighted by atomic mass is 35.5. The lowest BCUT2D eigenvalue weighted by molar-refractivity contribution is -0.122. The van der Waals surface area contributed by atoms with E-state index in [4.69, 9.17) is 33.4 Å². The summed E-state index contributed by atoms with van der Waals surface area (Å²) in [6, 6.07) is 4.87. The molecule has 0 radical (unpaired) electrons. The number of carbonyl (C=O) groups is 1. The summed E-state index contributed by atoms with van der Waals surface area (Å²) in [5.74, 6) is 0.589. The normalized spacial score (nSPS) is 15.1. The molecule has 1 aromatic carbocycles. The molecule has 3 N–H and O–H groups in total. The minimum atomic E-state index is -0.778. The fourth-order valence-corrected chi connectivity index (χ4v) is 3.61. The number of nitrogens with zero attached hydrogens (tertiary/aromatic N) is 2. The van der Waals surface area contributed by atoms with Crippen LogP contribution < -0.4 is 11.1 Å². The molecule has 0 fully saturated rings. The fourth-order valence-electron chi connectivity index (χ4n) is 3.11. The number of halogens is 2. The van der Waals surface area contributed by atoms with Crippen LogP contribution in [0.25, 0.3) is 0 Å². The third-order valence-corrected chi connectivity index (χ3v) is 5.38. The molecule has 0 spiro atoms. The van der Waals surface area contributed by atoms with Crippen molar-refractivity contribution in [2.24, 2.45) is 11.1 Å². The quantitative estimate of drug-likeness (QED) is 0.459. The Morgan fingerprint density at radius 1 is 1.26 bits per heavy atom. The van der Waals surface area contributed by atoms with Crippen LogP contribution >= 0.6 is 23.2 Å². The summed E-state index contributed by atoms with van der Waals surface area (Å²) in [5.41, 5.74) is 6.37. The number of carbonyl (C=O) groups excluding carboxylic acids is 1. The van der Waals surface area contributed by atoms with Gasteiger partial charge >= 0.3 is 0 Å². The highest BCUT2D eigenvalue weighted by Gasteiger charge is 2.31. The Morgan fingerprint density at radius 3 is 2.58 bits per heavy atom. The lowest BCUT2D eigenvalue weighted by atomic mass is 9.88. The summed E-state index contributed by atoms with van der Waals surface area (Å²) in [7, 11) is 0. The van der Waals surface area contributed by atoms with Crippen molar-refractivity contribution in [3.8, 4) is 0 Å². The Balaban J connectivity index is 2.12. The van der Waals surface area contributed by atoms with Crippen LogP contribution in [0.3, 0.4) is 0 Å². The van der Waals surface area contributed by atoms with Crippen molar-refractivity contribution >= 4 is 29.1 Å². The lowest BCUT2D eigenvalue weighted by Gasteiger charge is -2.25. The summed E-state index contributed by atoms with van der Waals surface area (Å²) < 4.78 is 5.92. The third kappa shape index (κ3) is 7.95. The SMILES string of the molecule is C/C=C/C[C@@](C)(N)c1nnc(C(CC(C)(C)C)NC(=O)CCc2ccc(Cl)cc2Cl)o1. The van der Waals surface area contributed by atoms with E-state index in [9.17, 15) is 4.79 Å². The first-order valence-electron chi connectivity index (χ1n) is 10.4. The van der Waals surface area contributed by atoms with Crippen LogP contribution in [0.1, 0.15) is 77.3 Å². The lowest BCUT2D eigenvalue weighted by Crippen LogP contribution is -2.33. The number of nitrogens with one attached hydrogen (secondary N) is 1. The Labute approximate surface area is 194 Å². The van der Waals surface area contributed by atoms with Gasteiger partial charge in [0, 0.05) is 16.5 Å². The van der Waals surface area contributed by atoms with Crippen LogP contribution in [-0.4, -0.2) is 16.1 Å². The number of aryl methyl sites for hydroxylation is 1. The van der Waals surface area contributed by atoms with Crippen LogP contribution in [0.4, 0.5) is 0 Å². The molecule has 1 amide bonds. The largest absolute Gasteiger partial charge is 0.421 e. The van der Waals surface area contributed by atoms with Crippen LogP contribution in [0.2, 0.25) is 10.0 Å². The van der Waals surface area contributed by atoms with Crippen molar-refractivity contribution in [2.45, 2.75) is 71.9 Å². The molecule has 0 aliphatic carbocycles. The van der Waals surface area contributed by atoms with Gasteiger partial charge in [-0.25, -0.2) is 0 Å². The van der Waals surface area contributed by atoms with Crippen LogP contribution in [-0.2, 0) is 16.8 Å². The number of benzene rings is 1. The molecule has 1 heterocycles. The van der Waals surface area contributed by atoms with Crippen molar-refractivity contribution in [3.63, 3.8) is 0 Å². The zero-order valence-electron chi connectivity index (χ0n) is 18.8. The molecular weight excluding hydrogens is 435 g/mol. The first-order valence-corrected chi connectivity index (χ1v) is 11.1. The van der Waals surface area contributed by atoms with Gasteiger partial charge in [0.15, 0.2) is 0 Å². The average molecular weight is 467 g/mol. The number of hydrogen-bond acceptors (Lipinski definition) is 5. The van der Waals surface area contributed by atoms with Gasteiger partial charge in [-0.3, -0.25) is 4.79 Å². The topological polar surface area (TPSA) is 94.0 Å². The molecule has 0 aliphatic rings. The van der Waals surface area contributed by atoms with E-state index in [2.05, 4.69) is 36.3 Å². The van der Waals surface area contributed by atoms with Gasteiger partial charge < -0.3 is 15.5 Å². The maximum absolute atomic E-state index is 12.7. The maximum atomic E-state index is 12.7. The van der Waals surface area contributed by atoms with Gasteiger partial charge in [0.2, 0.25) is 17.7 Å². The molecule has 2 rings (SSSR count). The summed E-state index contributed by atoms with van der Waals surface area (Å²) in [6.07, 6.45) is 5.88.